The molecule has 0 bridgehead atoms. The molecule has 19 heavy (non-hydrogen) atoms. The van der Waals surface area contributed by atoms with E-state index >= 15 is 0 Å². The van der Waals surface area contributed by atoms with Gasteiger partial charge in [0, 0.05) is 23.7 Å². The highest BCUT2D eigenvalue weighted by molar-refractivity contribution is 7.07. The van der Waals surface area contributed by atoms with Gasteiger partial charge in [0.05, 0.1) is 17.7 Å². The molecule has 0 aliphatic carbocycles. The lowest BCUT2D eigenvalue weighted by Gasteiger charge is -2.16. The fourth-order valence-electron chi connectivity index (χ4n) is 1.77. The predicted molar refractivity (Wildman–Crippen MR) is 75.9 cm³/mol. The summed E-state index contributed by atoms with van der Waals surface area (Å²) in [5.41, 5.74) is 9.76. The van der Waals surface area contributed by atoms with E-state index in [0.717, 1.165) is 17.8 Å². The highest BCUT2D eigenvalue weighted by Crippen LogP contribution is 2.12. The van der Waals surface area contributed by atoms with Crippen LogP contribution in [0, 0.1) is 0 Å². The molecule has 2 heterocycles. The standard InChI is InChI=1S/C13H16N4OS/c1-3-10-4-9(5-12(14)16-10)13(18)17(2)6-11-7-19-8-15-11/h4-5,7-8H,3,6H2,1-2H3,(H2,14,16). The summed E-state index contributed by atoms with van der Waals surface area (Å²) < 4.78 is 0. The van der Waals surface area contributed by atoms with Crippen molar-refractivity contribution < 1.29 is 4.79 Å². The van der Waals surface area contributed by atoms with Crippen molar-refractivity contribution in [2.24, 2.45) is 0 Å². The molecule has 2 aromatic heterocycles. The molecular weight excluding hydrogens is 260 g/mol. The number of carbonyl (C=O) groups is 1. The third-order valence-corrected chi connectivity index (χ3v) is 3.37. The van der Waals surface area contributed by atoms with E-state index in [9.17, 15) is 4.79 Å². The second kappa shape index (κ2) is 5.79. The Morgan fingerprint density at radius 1 is 1.42 bits per heavy atom. The van der Waals surface area contributed by atoms with Gasteiger partial charge in [-0.3, -0.25) is 4.79 Å². The van der Waals surface area contributed by atoms with Gasteiger partial charge in [-0.15, -0.1) is 11.3 Å². The van der Waals surface area contributed by atoms with E-state index in [1.807, 2.05) is 12.3 Å². The van der Waals surface area contributed by atoms with Crippen molar-refractivity contribution in [3.63, 3.8) is 0 Å². The minimum absolute atomic E-state index is 0.0724. The van der Waals surface area contributed by atoms with E-state index in [4.69, 9.17) is 5.73 Å². The molecule has 1 amide bonds. The lowest BCUT2D eigenvalue weighted by atomic mass is 10.1. The van der Waals surface area contributed by atoms with Crippen molar-refractivity contribution in [2.45, 2.75) is 19.9 Å². The van der Waals surface area contributed by atoms with Crippen LogP contribution in [0.15, 0.2) is 23.0 Å². The molecule has 2 aromatic rings. The molecule has 2 rings (SSSR count). The van der Waals surface area contributed by atoms with Crippen LogP contribution in [0.4, 0.5) is 5.82 Å². The second-order valence-corrected chi connectivity index (χ2v) is 4.99. The Hall–Kier alpha value is -1.95. The number of nitrogens with zero attached hydrogens (tertiary/aromatic N) is 3. The Morgan fingerprint density at radius 2 is 2.21 bits per heavy atom. The van der Waals surface area contributed by atoms with Crippen molar-refractivity contribution >= 4 is 23.1 Å². The number of thiazole rings is 1. The van der Waals surface area contributed by atoms with Gasteiger partial charge in [0.15, 0.2) is 0 Å². The number of hydrogen-bond acceptors (Lipinski definition) is 5. The summed E-state index contributed by atoms with van der Waals surface area (Å²) in [4.78, 5) is 22.3. The minimum atomic E-state index is -0.0724. The fourth-order valence-corrected chi connectivity index (χ4v) is 2.32. The maximum absolute atomic E-state index is 12.3. The summed E-state index contributed by atoms with van der Waals surface area (Å²) in [6, 6.07) is 3.40. The zero-order valence-electron chi connectivity index (χ0n) is 11.0. The normalized spacial score (nSPS) is 10.4. The van der Waals surface area contributed by atoms with Crippen molar-refractivity contribution in [3.05, 3.63) is 40.0 Å². The summed E-state index contributed by atoms with van der Waals surface area (Å²) in [6.45, 7) is 2.47. The van der Waals surface area contributed by atoms with Gasteiger partial charge in [-0.25, -0.2) is 9.97 Å². The number of rotatable bonds is 4. The number of amides is 1. The molecule has 0 aliphatic heterocycles. The largest absolute Gasteiger partial charge is 0.384 e. The molecule has 0 spiro atoms. The molecule has 0 unspecified atom stereocenters. The number of anilines is 1. The first-order valence-corrected chi connectivity index (χ1v) is 6.93. The maximum atomic E-state index is 12.3. The Kier molecular flexibility index (Phi) is 4.11. The van der Waals surface area contributed by atoms with Gasteiger partial charge < -0.3 is 10.6 Å². The van der Waals surface area contributed by atoms with Crippen LogP contribution in [0.5, 0.6) is 0 Å². The van der Waals surface area contributed by atoms with E-state index in [1.54, 1.807) is 29.6 Å². The number of aryl methyl sites for hydroxylation is 1. The number of hydrogen-bond donors (Lipinski definition) is 1. The molecule has 5 nitrogen and oxygen atoms in total. The number of carbonyl (C=O) groups excluding carboxylic acids is 1. The molecule has 2 N–H and O–H groups in total. The average Bonchev–Trinajstić information content (AvgIpc) is 2.89. The molecule has 0 aliphatic rings. The highest BCUT2D eigenvalue weighted by Gasteiger charge is 2.14. The Balaban J connectivity index is 2.16. The summed E-state index contributed by atoms with van der Waals surface area (Å²) >= 11 is 1.52. The molecule has 0 saturated heterocycles. The van der Waals surface area contributed by atoms with Crippen LogP contribution in [0.25, 0.3) is 0 Å². The molecule has 0 saturated carbocycles. The van der Waals surface area contributed by atoms with Gasteiger partial charge in [-0.05, 0) is 18.6 Å². The summed E-state index contributed by atoms with van der Waals surface area (Å²) in [7, 11) is 1.75. The van der Waals surface area contributed by atoms with Crippen LogP contribution in [0.2, 0.25) is 0 Å². The van der Waals surface area contributed by atoms with E-state index in [2.05, 4.69) is 9.97 Å². The third-order valence-electron chi connectivity index (χ3n) is 2.74. The van der Waals surface area contributed by atoms with Gasteiger partial charge in [0.1, 0.15) is 5.82 Å². The van der Waals surface area contributed by atoms with E-state index in [1.165, 1.54) is 11.3 Å². The topological polar surface area (TPSA) is 72.1 Å². The Morgan fingerprint density at radius 3 is 2.84 bits per heavy atom. The number of nitrogen functional groups attached to an aromatic ring is 1. The molecule has 6 heteroatoms. The molecule has 0 radical (unpaired) electrons. The van der Waals surface area contributed by atoms with Crippen molar-refractivity contribution in [1.82, 2.24) is 14.9 Å². The molecule has 0 aromatic carbocycles. The monoisotopic (exact) mass is 276 g/mol. The lowest BCUT2D eigenvalue weighted by molar-refractivity contribution is 0.0783. The highest BCUT2D eigenvalue weighted by atomic mass is 32.1. The van der Waals surface area contributed by atoms with Crippen LogP contribution >= 0.6 is 11.3 Å². The van der Waals surface area contributed by atoms with Gasteiger partial charge in [-0.1, -0.05) is 6.92 Å². The lowest BCUT2D eigenvalue weighted by Crippen LogP contribution is -2.26. The maximum Gasteiger partial charge on any atom is 0.254 e. The van der Waals surface area contributed by atoms with Crippen LogP contribution in [-0.4, -0.2) is 27.8 Å². The zero-order chi connectivity index (χ0) is 13.8. The molecule has 0 atom stereocenters. The second-order valence-electron chi connectivity index (χ2n) is 4.27. The smallest absolute Gasteiger partial charge is 0.254 e. The number of aromatic nitrogens is 2. The Labute approximate surface area is 116 Å². The predicted octanol–water partition coefficient (Wildman–Crippen LogP) is 1.95. The first-order valence-electron chi connectivity index (χ1n) is 5.99. The van der Waals surface area contributed by atoms with Gasteiger partial charge in [-0.2, -0.15) is 0 Å². The Bertz CT molecular complexity index is 568. The van der Waals surface area contributed by atoms with E-state index in [-0.39, 0.29) is 5.91 Å². The zero-order valence-corrected chi connectivity index (χ0v) is 11.8. The van der Waals surface area contributed by atoms with Crippen molar-refractivity contribution in [1.29, 1.82) is 0 Å². The average molecular weight is 276 g/mol. The van der Waals surface area contributed by atoms with Crippen LogP contribution in [-0.2, 0) is 13.0 Å². The van der Waals surface area contributed by atoms with Gasteiger partial charge in [0.2, 0.25) is 0 Å². The van der Waals surface area contributed by atoms with Crippen LogP contribution in [0.1, 0.15) is 28.7 Å². The number of pyridine rings is 1. The third kappa shape index (κ3) is 3.29. The van der Waals surface area contributed by atoms with Crippen molar-refractivity contribution in [2.75, 3.05) is 12.8 Å². The SMILES string of the molecule is CCc1cc(C(=O)N(C)Cc2cscn2)cc(N)n1. The summed E-state index contributed by atoms with van der Waals surface area (Å²) in [5, 5.41) is 1.93. The minimum Gasteiger partial charge on any atom is -0.384 e. The van der Waals surface area contributed by atoms with E-state index < -0.39 is 0 Å². The van der Waals surface area contributed by atoms with E-state index in [0.29, 0.717) is 17.9 Å². The van der Waals surface area contributed by atoms with Gasteiger partial charge in [0.25, 0.3) is 5.91 Å². The summed E-state index contributed by atoms with van der Waals surface area (Å²) in [6.07, 6.45) is 0.751. The van der Waals surface area contributed by atoms with Crippen LogP contribution < -0.4 is 5.73 Å². The summed E-state index contributed by atoms with van der Waals surface area (Å²) in [5.74, 6) is 0.307. The molecule has 0 fully saturated rings. The molecule has 100 valence electrons. The first-order chi connectivity index (χ1) is 9.10. The quantitative estimate of drug-likeness (QED) is 0.926. The molecular formula is C13H16N4OS. The van der Waals surface area contributed by atoms with Crippen LogP contribution in [0.3, 0.4) is 0 Å². The van der Waals surface area contributed by atoms with Crippen molar-refractivity contribution in [3.8, 4) is 0 Å². The first kappa shape index (κ1) is 13.5. The fraction of sp³-hybridized carbons (Fsp3) is 0.308. The number of nitrogens with two attached hydrogens (primary N) is 1. The van der Waals surface area contributed by atoms with Gasteiger partial charge >= 0.3 is 0 Å².